The number of para-hydroxylation sites is 2. The minimum atomic E-state index is -0.487. The molecule has 0 bridgehead atoms. The first-order chi connectivity index (χ1) is 13.7. The van der Waals surface area contributed by atoms with Crippen molar-refractivity contribution in [2.45, 2.75) is 13.0 Å². The number of benzene rings is 2. The number of fused-ring (bicyclic) bond motifs is 1. The number of anilines is 1. The number of rotatable bonds is 5. The molecule has 0 N–H and O–H groups in total. The summed E-state index contributed by atoms with van der Waals surface area (Å²) >= 11 is 1.50. The van der Waals surface area contributed by atoms with Gasteiger partial charge in [-0.15, -0.1) is 11.3 Å². The molecule has 1 aromatic heterocycles. The van der Waals surface area contributed by atoms with Gasteiger partial charge >= 0.3 is 5.97 Å². The Morgan fingerprint density at radius 1 is 1.14 bits per heavy atom. The van der Waals surface area contributed by atoms with Gasteiger partial charge in [-0.2, -0.15) is 0 Å². The lowest BCUT2D eigenvalue weighted by Gasteiger charge is -2.20. The molecule has 0 aliphatic carbocycles. The fourth-order valence-electron chi connectivity index (χ4n) is 2.91. The van der Waals surface area contributed by atoms with Crippen molar-refractivity contribution in [3.05, 3.63) is 65.7 Å². The minimum absolute atomic E-state index is 0.0718. The number of hydrogen-bond acceptors (Lipinski definition) is 6. The molecule has 0 atom stereocenters. The van der Waals surface area contributed by atoms with Gasteiger partial charge in [0.15, 0.2) is 0 Å². The third-order valence-corrected chi connectivity index (χ3v) is 5.21. The highest BCUT2D eigenvalue weighted by atomic mass is 32.1. The third-order valence-electron chi connectivity index (χ3n) is 4.27. The second kappa shape index (κ2) is 8.22. The number of aromatic nitrogens is 1. The monoisotopic (exact) mass is 394 g/mol. The highest BCUT2D eigenvalue weighted by Gasteiger charge is 2.25. The molecule has 1 aliphatic heterocycles. The first kappa shape index (κ1) is 18.2. The Labute approximate surface area is 166 Å². The van der Waals surface area contributed by atoms with Crippen LogP contribution in [-0.2, 0) is 20.9 Å². The summed E-state index contributed by atoms with van der Waals surface area (Å²) in [6, 6.07) is 17.0. The zero-order valence-corrected chi connectivity index (χ0v) is 15.9. The van der Waals surface area contributed by atoms with E-state index in [1.165, 1.54) is 16.2 Å². The van der Waals surface area contributed by atoms with Crippen LogP contribution in [0.1, 0.15) is 12.1 Å². The standard InChI is InChI=1S/C21H18N2O4S/c24-19-10-11-26-18-9-5-4-8-17(18)23(19)12-20(25)27-13-16-14-28-21(22-16)15-6-2-1-3-7-15/h1-9,14H,10-13H2. The number of esters is 1. The maximum atomic E-state index is 12.4. The van der Waals surface area contributed by atoms with E-state index in [2.05, 4.69) is 4.98 Å². The van der Waals surface area contributed by atoms with Gasteiger partial charge < -0.3 is 9.47 Å². The zero-order valence-electron chi connectivity index (χ0n) is 15.0. The smallest absolute Gasteiger partial charge is 0.326 e. The van der Waals surface area contributed by atoms with Crippen LogP contribution in [0.5, 0.6) is 5.75 Å². The third kappa shape index (κ3) is 4.04. The molecule has 0 saturated carbocycles. The lowest BCUT2D eigenvalue weighted by atomic mass is 10.2. The van der Waals surface area contributed by atoms with E-state index in [-0.39, 0.29) is 25.5 Å². The van der Waals surface area contributed by atoms with Gasteiger partial charge in [-0.25, -0.2) is 4.98 Å². The molecule has 0 spiro atoms. The number of thiazole rings is 1. The molecule has 142 valence electrons. The highest BCUT2D eigenvalue weighted by molar-refractivity contribution is 7.13. The van der Waals surface area contributed by atoms with Crippen LogP contribution in [0.2, 0.25) is 0 Å². The summed E-state index contributed by atoms with van der Waals surface area (Å²) in [6.07, 6.45) is 0.217. The van der Waals surface area contributed by atoms with Crippen LogP contribution in [0.4, 0.5) is 5.69 Å². The Morgan fingerprint density at radius 2 is 1.93 bits per heavy atom. The van der Waals surface area contributed by atoms with Crippen molar-refractivity contribution in [3.8, 4) is 16.3 Å². The SMILES string of the molecule is O=C(CN1C(=O)CCOc2ccccc21)OCc1csc(-c2ccccc2)n1. The number of amides is 1. The Morgan fingerprint density at radius 3 is 2.79 bits per heavy atom. The Kier molecular flexibility index (Phi) is 5.34. The van der Waals surface area contributed by atoms with Crippen LogP contribution in [0.15, 0.2) is 60.0 Å². The lowest BCUT2D eigenvalue weighted by molar-refractivity contribution is -0.144. The average Bonchev–Trinajstić information content (AvgIpc) is 3.15. The highest BCUT2D eigenvalue weighted by Crippen LogP contribution is 2.31. The van der Waals surface area contributed by atoms with Crippen molar-refractivity contribution in [1.29, 1.82) is 0 Å². The van der Waals surface area contributed by atoms with Gasteiger partial charge in [0.05, 0.1) is 24.4 Å². The van der Waals surface area contributed by atoms with Gasteiger partial charge in [-0.05, 0) is 12.1 Å². The van der Waals surface area contributed by atoms with Gasteiger partial charge in [0.2, 0.25) is 5.91 Å². The van der Waals surface area contributed by atoms with Crippen molar-refractivity contribution >= 4 is 28.9 Å². The number of hydrogen-bond donors (Lipinski definition) is 0. The fraction of sp³-hybridized carbons (Fsp3) is 0.190. The van der Waals surface area contributed by atoms with Crippen molar-refractivity contribution < 1.29 is 19.1 Å². The molecule has 2 heterocycles. The van der Waals surface area contributed by atoms with Gasteiger partial charge in [0, 0.05) is 10.9 Å². The van der Waals surface area contributed by atoms with Gasteiger partial charge in [-0.3, -0.25) is 14.5 Å². The van der Waals surface area contributed by atoms with Crippen LogP contribution in [-0.4, -0.2) is 30.0 Å². The molecule has 1 amide bonds. The molecule has 28 heavy (non-hydrogen) atoms. The molecule has 4 rings (SSSR count). The predicted octanol–water partition coefficient (Wildman–Crippen LogP) is 3.67. The van der Waals surface area contributed by atoms with Gasteiger partial charge in [-0.1, -0.05) is 42.5 Å². The molecule has 3 aromatic rings. The quantitative estimate of drug-likeness (QED) is 0.618. The summed E-state index contributed by atoms with van der Waals surface area (Å²) in [4.78, 5) is 30.6. The van der Waals surface area contributed by atoms with Gasteiger partial charge in [0.25, 0.3) is 0 Å². The summed E-state index contributed by atoms with van der Waals surface area (Å²) in [7, 11) is 0. The number of nitrogens with zero attached hydrogens (tertiary/aromatic N) is 2. The van der Waals surface area contributed by atoms with E-state index in [4.69, 9.17) is 9.47 Å². The van der Waals surface area contributed by atoms with Crippen LogP contribution in [0, 0.1) is 0 Å². The molecular formula is C21H18N2O4S. The fourth-order valence-corrected chi connectivity index (χ4v) is 3.72. The summed E-state index contributed by atoms with van der Waals surface area (Å²) in [6.45, 7) is 0.208. The molecule has 1 aliphatic rings. The molecule has 0 radical (unpaired) electrons. The Hall–Kier alpha value is -3.19. The summed E-state index contributed by atoms with van der Waals surface area (Å²) in [5.74, 6) is -0.0607. The Bertz CT molecular complexity index is 987. The van der Waals surface area contributed by atoms with E-state index >= 15 is 0 Å². The summed E-state index contributed by atoms with van der Waals surface area (Å²) in [5.41, 5.74) is 2.29. The maximum absolute atomic E-state index is 12.4. The van der Waals surface area contributed by atoms with Crippen molar-refractivity contribution in [1.82, 2.24) is 4.98 Å². The number of carbonyl (C=O) groups excluding carboxylic acids is 2. The molecule has 0 fully saturated rings. The molecule has 2 aromatic carbocycles. The molecule has 7 heteroatoms. The van der Waals surface area contributed by atoms with Crippen LogP contribution in [0.3, 0.4) is 0 Å². The first-order valence-electron chi connectivity index (χ1n) is 8.88. The van der Waals surface area contributed by atoms with Crippen LogP contribution < -0.4 is 9.64 Å². The van der Waals surface area contributed by atoms with E-state index in [9.17, 15) is 9.59 Å². The molecular weight excluding hydrogens is 376 g/mol. The topological polar surface area (TPSA) is 68.7 Å². The van der Waals surface area contributed by atoms with E-state index < -0.39 is 5.97 Å². The summed E-state index contributed by atoms with van der Waals surface area (Å²) in [5, 5.41) is 2.75. The van der Waals surface area contributed by atoms with E-state index in [0.717, 1.165) is 10.6 Å². The first-order valence-corrected chi connectivity index (χ1v) is 9.76. The largest absolute Gasteiger partial charge is 0.491 e. The minimum Gasteiger partial charge on any atom is -0.491 e. The van der Waals surface area contributed by atoms with Crippen molar-refractivity contribution in [2.75, 3.05) is 18.1 Å². The van der Waals surface area contributed by atoms with Gasteiger partial charge in [0.1, 0.15) is 23.9 Å². The maximum Gasteiger partial charge on any atom is 0.326 e. The molecule has 0 unspecified atom stereocenters. The average molecular weight is 394 g/mol. The molecule has 0 saturated heterocycles. The Balaban J connectivity index is 1.40. The second-order valence-electron chi connectivity index (χ2n) is 6.22. The predicted molar refractivity (Wildman–Crippen MR) is 106 cm³/mol. The number of carbonyl (C=O) groups is 2. The van der Waals surface area contributed by atoms with E-state index in [0.29, 0.717) is 23.7 Å². The van der Waals surface area contributed by atoms with E-state index in [1.54, 1.807) is 18.2 Å². The zero-order chi connectivity index (χ0) is 19.3. The van der Waals surface area contributed by atoms with Crippen LogP contribution in [0.25, 0.3) is 10.6 Å². The van der Waals surface area contributed by atoms with Crippen LogP contribution >= 0.6 is 11.3 Å². The van der Waals surface area contributed by atoms with Crippen molar-refractivity contribution in [3.63, 3.8) is 0 Å². The second-order valence-corrected chi connectivity index (χ2v) is 7.07. The number of ether oxygens (including phenoxy) is 2. The van der Waals surface area contributed by atoms with E-state index in [1.807, 2.05) is 41.8 Å². The van der Waals surface area contributed by atoms with Crippen molar-refractivity contribution in [2.24, 2.45) is 0 Å². The summed E-state index contributed by atoms with van der Waals surface area (Å²) < 4.78 is 10.9. The molecule has 6 nitrogen and oxygen atoms in total. The lowest BCUT2D eigenvalue weighted by Crippen LogP contribution is -2.36. The normalized spacial score (nSPS) is 13.4.